The normalized spacial score (nSPS) is 19.8. The van der Waals surface area contributed by atoms with Gasteiger partial charge in [-0.1, -0.05) is 44.2 Å². The molecule has 2 aromatic carbocycles. The molecule has 0 aliphatic carbocycles. The molecule has 4 aromatic rings. The molecule has 5 rings (SSSR count). The first-order valence-corrected chi connectivity index (χ1v) is 19.4. The zero-order valence-electron chi connectivity index (χ0n) is 32.5. The molecule has 1 aliphatic rings. The monoisotopic (exact) mass is 788 g/mol. The first-order chi connectivity index (χ1) is 26.6. The number of hydrogen-bond acceptors (Lipinski definition) is 8. The van der Waals surface area contributed by atoms with Gasteiger partial charge in [-0.15, -0.1) is 11.3 Å². The standard InChI is InChI=1S/C40H49FN8O6S/c1-23(2)15-31-38-46-33(22-56-38)37(53)45-32(18-27-19-42-30-10-8-7-9-28(27)30)40(55)48(6)20-34(50)43-25(4)39(54)47(5)13-14-49(21-35(51)44-31)36(52)17-26-12-11-24(3)29(41)16-26/h7-12,16,19,22-23,25,31-32,42H,13-15,17-18,20-21H2,1-6H3,(H,43,50)(H,44,51)(H,45,53)/t25-,31-,32+/m0/s1. The molecule has 3 heterocycles. The smallest absolute Gasteiger partial charge is 0.271 e. The highest BCUT2D eigenvalue weighted by molar-refractivity contribution is 7.09. The third kappa shape index (κ3) is 10.6. The Morgan fingerprint density at radius 2 is 1.66 bits per heavy atom. The Hall–Kier alpha value is -5.64. The van der Waals surface area contributed by atoms with Gasteiger partial charge in [0.1, 0.15) is 28.6 Å². The van der Waals surface area contributed by atoms with Gasteiger partial charge in [-0.05, 0) is 55.0 Å². The number of thiazole rings is 1. The van der Waals surface area contributed by atoms with Gasteiger partial charge in [-0.3, -0.25) is 28.8 Å². The number of likely N-dealkylation sites (N-methyl/N-ethyl adjacent to an activating group) is 2. The summed E-state index contributed by atoms with van der Waals surface area (Å²) in [7, 11) is 2.96. The van der Waals surface area contributed by atoms with Crippen LogP contribution in [0.2, 0.25) is 0 Å². The van der Waals surface area contributed by atoms with Crippen LogP contribution in [0, 0.1) is 18.7 Å². The summed E-state index contributed by atoms with van der Waals surface area (Å²) in [6, 6.07) is 9.38. The van der Waals surface area contributed by atoms with Crippen LogP contribution in [-0.2, 0) is 36.8 Å². The lowest BCUT2D eigenvalue weighted by Crippen LogP contribution is -2.53. The fourth-order valence-corrected chi connectivity index (χ4v) is 7.42. The van der Waals surface area contributed by atoms with Gasteiger partial charge in [0.05, 0.1) is 25.6 Å². The van der Waals surface area contributed by atoms with Crippen molar-refractivity contribution >= 4 is 57.7 Å². The number of fused-ring (bicyclic) bond motifs is 3. The average molecular weight is 789 g/mol. The zero-order valence-corrected chi connectivity index (χ0v) is 33.3. The van der Waals surface area contributed by atoms with Crippen LogP contribution < -0.4 is 16.0 Å². The molecule has 2 bridgehead atoms. The van der Waals surface area contributed by atoms with Crippen LogP contribution in [0.5, 0.6) is 0 Å². The van der Waals surface area contributed by atoms with E-state index in [1.54, 1.807) is 30.6 Å². The molecule has 1 aliphatic heterocycles. The number of carbonyl (C=O) groups is 6. The largest absolute Gasteiger partial charge is 0.361 e. The Kier molecular flexibility index (Phi) is 13.6. The van der Waals surface area contributed by atoms with E-state index in [0.29, 0.717) is 22.6 Å². The van der Waals surface area contributed by atoms with Crippen molar-refractivity contribution in [2.24, 2.45) is 5.92 Å². The summed E-state index contributed by atoms with van der Waals surface area (Å²) in [6.07, 6.45) is 2.18. The number of aromatic amines is 1. The topological polar surface area (TPSA) is 177 Å². The molecule has 6 amide bonds. The summed E-state index contributed by atoms with van der Waals surface area (Å²) in [5.41, 5.74) is 2.55. The van der Waals surface area contributed by atoms with Crippen LogP contribution in [0.25, 0.3) is 10.9 Å². The number of hydrogen-bond donors (Lipinski definition) is 4. The maximum Gasteiger partial charge on any atom is 0.271 e. The fourth-order valence-electron chi connectivity index (χ4n) is 6.56. The van der Waals surface area contributed by atoms with E-state index < -0.39 is 65.9 Å². The van der Waals surface area contributed by atoms with E-state index >= 15 is 0 Å². The molecule has 0 spiro atoms. The van der Waals surface area contributed by atoms with Gasteiger partial charge in [0.15, 0.2) is 0 Å². The lowest BCUT2D eigenvalue weighted by atomic mass is 10.0. The van der Waals surface area contributed by atoms with Crippen LogP contribution in [0.15, 0.2) is 54.0 Å². The van der Waals surface area contributed by atoms with Gasteiger partial charge in [0.2, 0.25) is 29.5 Å². The lowest BCUT2D eigenvalue weighted by Gasteiger charge is -2.28. The number of para-hydroxylation sites is 1. The molecule has 298 valence electrons. The minimum atomic E-state index is -1.09. The van der Waals surface area contributed by atoms with Crippen LogP contribution in [0.1, 0.15) is 65.4 Å². The molecule has 0 saturated carbocycles. The number of aryl methyl sites for hydroxylation is 1. The summed E-state index contributed by atoms with van der Waals surface area (Å²) in [5.74, 6) is -3.49. The summed E-state index contributed by atoms with van der Waals surface area (Å²) in [5, 5.41) is 11.3. The van der Waals surface area contributed by atoms with Crippen LogP contribution in [0.3, 0.4) is 0 Å². The third-order valence-corrected chi connectivity index (χ3v) is 10.6. The van der Waals surface area contributed by atoms with Crippen molar-refractivity contribution in [1.82, 2.24) is 40.6 Å². The Bertz CT molecular complexity index is 2100. The Balaban J connectivity index is 1.45. The van der Waals surface area contributed by atoms with Crippen molar-refractivity contribution in [2.45, 2.75) is 65.1 Å². The maximum atomic E-state index is 14.4. The van der Waals surface area contributed by atoms with Crippen molar-refractivity contribution < 1.29 is 33.2 Å². The number of nitrogens with zero attached hydrogens (tertiary/aromatic N) is 4. The highest BCUT2D eigenvalue weighted by atomic mass is 32.1. The maximum absolute atomic E-state index is 14.4. The molecule has 56 heavy (non-hydrogen) atoms. The minimum Gasteiger partial charge on any atom is -0.361 e. The molecule has 3 atom stereocenters. The highest BCUT2D eigenvalue weighted by Gasteiger charge is 2.30. The Morgan fingerprint density at radius 3 is 2.39 bits per heavy atom. The van der Waals surface area contributed by atoms with Crippen molar-refractivity contribution in [1.29, 1.82) is 0 Å². The summed E-state index contributed by atoms with van der Waals surface area (Å²) < 4.78 is 14.4. The quantitative estimate of drug-likeness (QED) is 0.232. The van der Waals surface area contributed by atoms with E-state index in [1.165, 1.54) is 53.1 Å². The number of amides is 6. The van der Waals surface area contributed by atoms with E-state index in [4.69, 9.17) is 0 Å². The molecule has 0 saturated heterocycles. The number of H-pyrrole nitrogens is 1. The molecule has 14 nitrogen and oxygen atoms in total. The number of rotatable bonds is 6. The average Bonchev–Trinajstić information content (AvgIpc) is 3.81. The number of nitrogens with one attached hydrogen (secondary N) is 4. The summed E-state index contributed by atoms with van der Waals surface area (Å²) >= 11 is 1.18. The zero-order chi connectivity index (χ0) is 40.7. The number of benzene rings is 2. The number of halogens is 1. The molecule has 2 aromatic heterocycles. The molecular weight excluding hydrogens is 740 g/mol. The van der Waals surface area contributed by atoms with Gasteiger partial charge < -0.3 is 35.6 Å². The van der Waals surface area contributed by atoms with Crippen LogP contribution in [0.4, 0.5) is 4.39 Å². The summed E-state index contributed by atoms with van der Waals surface area (Å²) in [6.45, 7) is 6.32. The summed E-state index contributed by atoms with van der Waals surface area (Å²) in [4.78, 5) is 93.2. The minimum absolute atomic E-state index is 0.0211. The van der Waals surface area contributed by atoms with Crippen LogP contribution >= 0.6 is 11.3 Å². The van der Waals surface area contributed by atoms with Gasteiger partial charge in [0, 0.05) is 56.1 Å². The first-order valence-electron chi connectivity index (χ1n) is 18.5. The third-order valence-electron chi connectivity index (χ3n) is 9.66. The van der Waals surface area contributed by atoms with Crippen molar-refractivity contribution in [3.8, 4) is 0 Å². The first kappa shape index (κ1) is 41.5. The van der Waals surface area contributed by atoms with Crippen LogP contribution in [-0.4, -0.2) is 112 Å². The van der Waals surface area contributed by atoms with E-state index in [9.17, 15) is 33.2 Å². The second kappa shape index (κ2) is 18.3. The molecule has 0 unspecified atom stereocenters. The molecule has 4 N–H and O–H groups in total. The predicted molar refractivity (Wildman–Crippen MR) is 210 cm³/mol. The fraction of sp³-hybridized carbons (Fsp3) is 0.425. The van der Waals surface area contributed by atoms with Crippen molar-refractivity contribution in [3.05, 3.63) is 87.3 Å². The van der Waals surface area contributed by atoms with E-state index in [2.05, 4.69) is 25.9 Å². The lowest BCUT2D eigenvalue weighted by molar-refractivity contribution is -0.139. The van der Waals surface area contributed by atoms with E-state index in [-0.39, 0.29) is 44.1 Å². The van der Waals surface area contributed by atoms with E-state index in [1.807, 2.05) is 38.1 Å². The number of carbonyl (C=O) groups excluding carboxylic acids is 6. The van der Waals surface area contributed by atoms with Gasteiger partial charge in [-0.2, -0.15) is 0 Å². The predicted octanol–water partition coefficient (Wildman–Crippen LogP) is 3.12. The SMILES string of the molecule is Cc1ccc(CC(=O)N2CCN(C)C(=O)[C@H](C)NC(=O)CN(C)C(=O)[C@@H](Cc3c[nH]c4ccccc34)NC(=O)c3csc(n3)[C@H](CC(C)C)NC(=O)C2)cc1F. The molecule has 16 heteroatoms. The van der Waals surface area contributed by atoms with Gasteiger partial charge in [-0.25, -0.2) is 9.37 Å². The van der Waals surface area contributed by atoms with E-state index in [0.717, 1.165) is 16.5 Å². The Labute approximate surface area is 329 Å². The van der Waals surface area contributed by atoms with Gasteiger partial charge >= 0.3 is 0 Å². The van der Waals surface area contributed by atoms with Crippen molar-refractivity contribution in [3.63, 3.8) is 0 Å². The second-order valence-electron chi connectivity index (χ2n) is 14.7. The second-order valence-corrected chi connectivity index (χ2v) is 15.6. The van der Waals surface area contributed by atoms with Crippen molar-refractivity contribution in [2.75, 3.05) is 40.3 Å². The van der Waals surface area contributed by atoms with Gasteiger partial charge in [0.25, 0.3) is 5.91 Å². The molecule has 0 fully saturated rings. The molecular formula is C40H49FN8O6S. The highest BCUT2D eigenvalue weighted by Crippen LogP contribution is 2.26. The number of aromatic nitrogens is 2. The Morgan fingerprint density at radius 1 is 0.929 bits per heavy atom. The molecule has 0 radical (unpaired) electrons.